The fraction of sp³-hybridized carbons (Fsp3) is 0.200. The molecule has 0 amide bonds. The first-order valence-electron chi connectivity index (χ1n) is 9.80. The Bertz CT molecular complexity index is 1100. The van der Waals surface area contributed by atoms with Gasteiger partial charge in [0.05, 0.1) is 0 Å². The molecule has 1 aliphatic heterocycles. The van der Waals surface area contributed by atoms with Crippen molar-refractivity contribution in [1.82, 2.24) is 4.90 Å². The van der Waals surface area contributed by atoms with Gasteiger partial charge in [0.1, 0.15) is 11.5 Å². The van der Waals surface area contributed by atoms with E-state index in [4.69, 9.17) is 4.74 Å². The van der Waals surface area contributed by atoms with Gasteiger partial charge in [0.25, 0.3) is 0 Å². The van der Waals surface area contributed by atoms with E-state index in [1.807, 2.05) is 41.7 Å². The molecule has 1 aromatic heterocycles. The van der Waals surface area contributed by atoms with Crippen LogP contribution in [0.2, 0.25) is 0 Å². The van der Waals surface area contributed by atoms with Gasteiger partial charge in [-0.2, -0.15) is 0 Å². The molecule has 4 aromatic rings. The molecule has 0 N–H and O–H groups in total. The van der Waals surface area contributed by atoms with Crippen LogP contribution in [-0.2, 0) is 19.5 Å². The summed E-state index contributed by atoms with van der Waals surface area (Å²) in [6.45, 7) is 5.33. The predicted molar refractivity (Wildman–Crippen MR) is 117 cm³/mol. The lowest BCUT2D eigenvalue weighted by atomic mass is 10.0. The first-order valence-corrected chi connectivity index (χ1v) is 10.6. The van der Waals surface area contributed by atoms with Gasteiger partial charge in [-0.25, -0.2) is 0 Å². The zero-order valence-electron chi connectivity index (χ0n) is 16.0. The molecule has 0 bridgehead atoms. The molecule has 3 heteroatoms. The van der Waals surface area contributed by atoms with Crippen LogP contribution in [0.3, 0.4) is 0 Å². The van der Waals surface area contributed by atoms with E-state index in [9.17, 15) is 0 Å². The van der Waals surface area contributed by atoms with Crippen LogP contribution in [0.15, 0.2) is 72.8 Å². The van der Waals surface area contributed by atoms with E-state index in [0.29, 0.717) is 0 Å². The van der Waals surface area contributed by atoms with E-state index in [-0.39, 0.29) is 0 Å². The van der Waals surface area contributed by atoms with Gasteiger partial charge in [-0.3, -0.25) is 4.90 Å². The predicted octanol–water partition coefficient (Wildman–Crippen LogP) is 6.56. The van der Waals surface area contributed by atoms with Crippen LogP contribution in [-0.4, -0.2) is 11.4 Å². The zero-order valence-corrected chi connectivity index (χ0v) is 16.8. The summed E-state index contributed by atoms with van der Waals surface area (Å²) in [4.78, 5) is 4.13. The number of nitrogens with zero attached hydrogens (tertiary/aromatic N) is 1. The van der Waals surface area contributed by atoms with E-state index in [2.05, 4.69) is 54.3 Å². The summed E-state index contributed by atoms with van der Waals surface area (Å²) in [6, 6.07) is 25.3. The Morgan fingerprint density at radius 3 is 2.54 bits per heavy atom. The van der Waals surface area contributed by atoms with E-state index in [0.717, 1.165) is 37.6 Å². The maximum Gasteiger partial charge on any atom is 0.127 e. The number of hydrogen-bond acceptors (Lipinski definition) is 3. The minimum absolute atomic E-state index is 0.874. The maximum atomic E-state index is 5.91. The van der Waals surface area contributed by atoms with Crippen molar-refractivity contribution >= 4 is 21.4 Å². The first kappa shape index (κ1) is 17.5. The molecule has 5 rings (SSSR count). The quantitative estimate of drug-likeness (QED) is 0.394. The van der Waals surface area contributed by atoms with E-state index < -0.39 is 0 Å². The third kappa shape index (κ3) is 3.56. The largest absolute Gasteiger partial charge is 0.457 e. The Hall–Kier alpha value is -2.62. The molecular formula is C25H23NOS. The number of rotatable bonds is 4. The van der Waals surface area contributed by atoms with E-state index in [1.165, 1.54) is 21.2 Å². The Morgan fingerprint density at radius 2 is 1.71 bits per heavy atom. The lowest BCUT2D eigenvalue weighted by Gasteiger charge is -2.27. The fourth-order valence-corrected chi connectivity index (χ4v) is 5.12. The van der Waals surface area contributed by atoms with Crippen LogP contribution in [0, 0.1) is 6.92 Å². The average Bonchev–Trinajstić information content (AvgIpc) is 3.08. The maximum absolute atomic E-state index is 5.91. The molecule has 0 saturated heterocycles. The lowest BCUT2D eigenvalue weighted by Crippen LogP contribution is -2.29. The number of aryl methyl sites for hydroxylation is 1. The molecule has 0 aliphatic carbocycles. The SMILES string of the molecule is Cc1ccc2sc3c(c2c1)CN(Cc1ccc(Oc2ccccc2)cc1)CC3. The van der Waals surface area contributed by atoms with Crippen molar-refractivity contribution in [2.24, 2.45) is 0 Å². The molecule has 0 atom stereocenters. The molecule has 2 nitrogen and oxygen atoms in total. The smallest absolute Gasteiger partial charge is 0.127 e. The molecule has 140 valence electrons. The average molecular weight is 386 g/mol. The Kier molecular flexibility index (Phi) is 4.63. The zero-order chi connectivity index (χ0) is 18.9. The second-order valence-corrected chi connectivity index (χ2v) is 8.66. The molecule has 1 aliphatic rings. The molecule has 3 aromatic carbocycles. The molecule has 0 fully saturated rings. The number of para-hydroxylation sites is 1. The van der Waals surface area contributed by atoms with Crippen molar-refractivity contribution in [3.8, 4) is 11.5 Å². The minimum Gasteiger partial charge on any atom is -0.457 e. The summed E-state index contributed by atoms with van der Waals surface area (Å²) < 4.78 is 7.34. The highest BCUT2D eigenvalue weighted by molar-refractivity contribution is 7.19. The van der Waals surface area contributed by atoms with Crippen LogP contribution in [0.1, 0.15) is 21.6 Å². The van der Waals surface area contributed by atoms with Gasteiger partial charge in [-0.1, -0.05) is 48.0 Å². The van der Waals surface area contributed by atoms with Crippen molar-refractivity contribution in [3.05, 3.63) is 94.4 Å². The highest BCUT2D eigenvalue weighted by Crippen LogP contribution is 2.36. The minimum atomic E-state index is 0.874. The summed E-state index contributed by atoms with van der Waals surface area (Å²) >= 11 is 1.98. The molecule has 0 radical (unpaired) electrons. The van der Waals surface area contributed by atoms with Gasteiger partial charge in [0, 0.05) is 29.2 Å². The third-order valence-corrected chi connectivity index (χ3v) is 6.65. The van der Waals surface area contributed by atoms with Gasteiger partial charge in [-0.15, -0.1) is 11.3 Å². The number of thiophene rings is 1. The second kappa shape index (κ2) is 7.42. The topological polar surface area (TPSA) is 12.5 Å². The standard InChI is InChI=1S/C25H23NOS/c1-18-7-12-24-22(15-18)23-17-26(14-13-25(23)28-24)16-19-8-10-21(11-9-19)27-20-5-3-2-4-6-20/h2-12,15H,13-14,16-17H2,1H3. The second-order valence-electron chi connectivity index (χ2n) is 7.52. The normalized spacial score (nSPS) is 14.2. The van der Waals surface area contributed by atoms with Crippen LogP contribution < -0.4 is 4.74 Å². The number of fused-ring (bicyclic) bond motifs is 3. The molecule has 28 heavy (non-hydrogen) atoms. The van der Waals surface area contributed by atoms with Gasteiger partial charge < -0.3 is 4.74 Å². The number of benzene rings is 3. The van der Waals surface area contributed by atoms with Crippen molar-refractivity contribution < 1.29 is 4.74 Å². The first-order chi connectivity index (χ1) is 13.7. The number of ether oxygens (including phenoxy) is 1. The molecular weight excluding hydrogens is 362 g/mol. The molecule has 0 saturated carbocycles. The van der Waals surface area contributed by atoms with Gasteiger partial charge in [0.2, 0.25) is 0 Å². The summed E-state index contributed by atoms with van der Waals surface area (Å²) in [7, 11) is 0. The summed E-state index contributed by atoms with van der Waals surface area (Å²) in [5, 5.41) is 1.45. The van der Waals surface area contributed by atoms with Crippen LogP contribution in [0.25, 0.3) is 10.1 Å². The molecule has 2 heterocycles. The van der Waals surface area contributed by atoms with Crippen LogP contribution in [0.5, 0.6) is 11.5 Å². The highest BCUT2D eigenvalue weighted by Gasteiger charge is 2.21. The molecule has 0 unspecified atom stereocenters. The Labute approximate surface area is 170 Å². The Morgan fingerprint density at radius 1 is 0.929 bits per heavy atom. The van der Waals surface area contributed by atoms with E-state index >= 15 is 0 Å². The van der Waals surface area contributed by atoms with Gasteiger partial charge >= 0.3 is 0 Å². The highest BCUT2D eigenvalue weighted by atomic mass is 32.1. The van der Waals surface area contributed by atoms with E-state index in [1.54, 1.807) is 10.4 Å². The van der Waals surface area contributed by atoms with Crippen molar-refractivity contribution in [1.29, 1.82) is 0 Å². The third-order valence-electron chi connectivity index (χ3n) is 5.38. The van der Waals surface area contributed by atoms with Crippen molar-refractivity contribution in [2.75, 3.05) is 6.54 Å². The summed E-state index contributed by atoms with van der Waals surface area (Å²) in [5.41, 5.74) is 4.22. The number of hydrogen-bond donors (Lipinski definition) is 0. The monoisotopic (exact) mass is 385 g/mol. The lowest BCUT2D eigenvalue weighted by molar-refractivity contribution is 0.248. The fourth-order valence-electron chi connectivity index (χ4n) is 3.93. The molecule has 0 spiro atoms. The van der Waals surface area contributed by atoms with Crippen molar-refractivity contribution in [3.63, 3.8) is 0 Å². The van der Waals surface area contributed by atoms with Crippen LogP contribution >= 0.6 is 11.3 Å². The van der Waals surface area contributed by atoms with Crippen LogP contribution in [0.4, 0.5) is 0 Å². The van der Waals surface area contributed by atoms with Crippen molar-refractivity contribution in [2.45, 2.75) is 26.4 Å². The Balaban J connectivity index is 1.29. The van der Waals surface area contributed by atoms with Gasteiger partial charge in [0.15, 0.2) is 0 Å². The van der Waals surface area contributed by atoms with Gasteiger partial charge in [-0.05, 0) is 60.2 Å². The summed E-state index contributed by atoms with van der Waals surface area (Å²) in [6.07, 6.45) is 1.16. The summed E-state index contributed by atoms with van der Waals surface area (Å²) in [5.74, 6) is 1.76.